The third-order valence-electron chi connectivity index (χ3n) is 5.50. The molecule has 0 radical (unpaired) electrons. The number of hydrogen-bond acceptors (Lipinski definition) is 3. The molecule has 2 aromatic rings. The molecule has 0 unspecified atom stereocenters. The maximum atomic E-state index is 13.9. The van der Waals surface area contributed by atoms with Gasteiger partial charge < -0.3 is 15.0 Å². The first-order valence-corrected chi connectivity index (χ1v) is 10.3. The molecule has 0 bridgehead atoms. The van der Waals surface area contributed by atoms with Crippen LogP contribution in [0.15, 0.2) is 42.5 Å². The standard InChI is InChI=1S/C23H24F2N2O3/c24-19-4-1-5-20(25)21(19)23(29)27-12-2-3-15(13-27)14-30-18-10-6-16(7-11-18)22(28)26-17-8-9-17/h1,4-7,10-11,15,17H,2-3,8-9,12-14H2,(H,26,28)/t15-/m1/s1. The van der Waals surface area contributed by atoms with E-state index in [4.69, 9.17) is 4.74 Å². The van der Waals surface area contributed by atoms with Gasteiger partial charge in [-0.15, -0.1) is 0 Å². The van der Waals surface area contributed by atoms with Gasteiger partial charge in [-0.2, -0.15) is 0 Å². The zero-order chi connectivity index (χ0) is 21.1. The molecule has 1 saturated carbocycles. The molecule has 5 nitrogen and oxygen atoms in total. The van der Waals surface area contributed by atoms with Crippen molar-refractivity contribution in [1.29, 1.82) is 0 Å². The van der Waals surface area contributed by atoms with Gasteiger partial charge in [-0.05, 0) is 62.1 Å². The van der Waals surface area contributed by atoms with Gasteiger partial charge in [-0.25, -0.2) is 8.78 Å². The summed E-state index contributed by atoms with van der Waals surface area (Å²) in [5.74, 6) is -1.68. The lowest BCUT2D eigenvalue weighted by molar-refractivity contribution is 0.0623. The van der Waals surface area contributed by atoms with Gasteiger partial charge in [0.15, 0.2) is 0 Å². The van der Waals surface area contributed by atoms with E-state index in [0.29, 0.717) is 37.1 Å². The van der Waals surface area contributed by atoms with Gasteiger partial charge in [0.05, 0.1) is 6.61 Å². The normalized spacial score (nSPS) is 18.7. The fraction of sp³-hybridized carbons (Fsp3) is 0.391. The van der Waals surface area contributed by atoms with Gasteiger partial charge in [-0.1, -0.05) is 6.07 Å². The predicted octanol–water partition coefficient (Wildman–Crippen LogP) is 3.79. The number of nitrogens with zero attached hydrogens (tertiary/aromatic N) is 1. The lowest BCUT2D eigenvalue weighted by Crippen LogP contribution is -2.42. The second-order valence-electron chi connectivity index (χ2n) is 7.94. The minimum absolute atomic E-state index is 0.0652. The van der Waals surface area contributed by atoms with Gasteiger partial charge in [0.25, 0.3) is 11.8 Å². The van der Waals surface area contributed by atoms with Gasteiger partial charge >= 0.3 is 0 Å². The lowest BCUT2D eigenvalue weighted by atomic mass is 9.98. The van der Waals surface area contributed by atoms with Crippen LogP contribution in [0.1, 0.15) is 46.4 Å². The smallest absolute Gasteiger partial charge is 0.259 e. The number of carbonyl (C=O) groups excluding carboxylic acids is 2. The van der Waals surface area contributed by atoms with E-state index in [1.54, 1.807) is 24.3 Å². The van der Waals surface area contributed by atoms with Gasteiger partial charge in [-0.3, -0.25) is 9.59 Å². The first-order valence-electron chi connectivity index (χ1n) is 10.3. The summed E-state index contributed by atoms with van der Waals surface area (Å²) in [5.41, 5.74) is 0.0923. The molecule has 2 amide bonds. The van der Waals surface area contributed by atoms with E-state index in [0.717, 1.165) is 37.8 Å². The molecule has 0 aromatic heterocycles. The molecule has 2 fully saturated rings. The third-order valence-corrected chi connectivity index (χ3v) is 5.50. The number of hydrogen-bond donors (Lipinski definition) is 1. The minimum Gasteiger partial charge on any atom is -0.493 e. The van der Waals surface area contributed by atoms with E-state index in [1.165, 1.54) is 11.0 Å². The lowest BCUT2D eigenvalue weighted by Gasteiger charge is -2.32. The Hall–Kier alpha value is -2.96. The number of ether oxygens (including phenoxy) is 1. The summed E-state index contributed by atoms with van der Waals surface area (Å²) in [6.07, 6.45) is 3.69. The Bertz CT molecular complexity index is 908. The summed E-state index contributed by atoms with van der Waals surface area (Å²) < 4.78 is 33.7. The molecule has 0 spiro atoms. The number of benzene rings is 2. The number of carbonyl (C=O) groups is 2. The van der Waals surface area contributed by atoms with E-state index in [-0.39, 0.29) is 11.8 Å². The van der Waals surface area contributed by atoms with Crippen molar-refractivity contribution in [3.05, 3.63) is 65.2 Å². The highest BCUT2D eigenvalue weighted by Gasteiger charge is 2.28. The molecule has 30 heavy (non-hydrogen) atoms. The summed E-state index contributed by atoms with van der Waals surface area (Å²) in [6.45, 7) is 1.24. The predicted molar refractivity (Wildman–Crippen MR) is 107 cm³/mol. The van der Waals surface area contributed by atoms with Crippen molar-refractivity contribution in [2.24, 2.45) is 5.92 Å². The highest BCUT2D eigenvalue weighted by molar-refractivity contribution is 5.95. The van der Waals surface area contributed by atoms with E-state index in [9.17, 15) is 18.4 Å². The Morgan fingerprint density at radius 1 is 1.03 bits per heavy atom. The maximum absolute atomic E-state index is 13.9. The van der Waals surface area contributed by atoms with Crippen LogP contribution in [0.4, 0.5) is 8.78 Å². The fourth-order valence-corrected chi connectivity index (χ4v) is 3.66. The summed E-state index contributed by atoms with van der Waals surface area (Å²) >= 11 is 0. The van der Waals surface area contributed by atoms with Crippen LogP contribution >= 0.6 is 0 Å². The molecule has 1 atom stereocenters. The second kappa shape index (κ2) is 8.81. The zero-order valence-corrected chi connectivity index (χ0v) is 16.6. The Balaban J connectivity index is 1.32. The van der Waals surface area contributed by atoms with Crippen molar-refractivity contribution < 1.29 is 23.1 Å². The summed E-state index contributed by atoms with van der Waals surface area (Å²) in [6, 6.07) is 10.7. The van der Waals surface area contributed by atoms with Crippen LogP contribution in [-0.2, 0) is 0 Å². The van der Waals surface area contributed by atoms with Gasteiger partial charge in [0.1, 0.15) is 22.9 Å². The monoisotopic (exact) mass is 414 g/mol. The van der Waals surface area contributed by atoms with Gasteiger partial charge in [0, 0.05) is 30.6 Å². The quantitative estimate of drug-likeness (QED) is 0.783. The molecule has 1 saturated heterocycles. The van der Waals surface area contributed by atoms with Crippen molar-refractivity contribution in [2.75, 3.05) is 19.7 Å². The highest BCUT2D eigenvalue weighted by Crippen LogP contribution is 2.23. The van der Waals surface area contributed by atoms with Crippen molar-refractivity contribution in [1.82, 2.24) is 10.2 Å². The number of amides is 2. The molecule has 2 aromatic carbocycles. The Morgan fingerprint density at radius 2 is 1.73 bits per heavy atom. The maximum Gasteiger partial charge on any atom is 0.259 e. The molecule has 1 aliphatic heterocycles. The van der Waals surface area contributed by atoms with Crippen LogP contribution in [0.2, 0.25) is 0 Å². The topological polar surface area (TPSA) is 58.6 Å². The first kappa shape index (κ1) is 20.3. The third kappa shape index (κ3) is 4.78. The Labute approximate surface area is 174 Å². The van der Waals surface area contributed by atoms with Crippen molar-refractivity contribution in [2.45, 2.75) is 31.7 Å². The van der Waals surface area contributed by atoms with Crippen LogP contribution < -0.4 is 10.1 Å². The average Bonchev–Trinajstić information content (AvgIpc) is 3.56. The zero-order valence-electron chi connectivity index (χ0n) is 16.6. The fourth-order valence-electron chi connectivity index (χ4n) is 3.66. The first-order chi connectivity index (χ1) is 14.5. The van der Waals surface area contributed by atoms with Crippen LogP contribution in [0.25, 0.3) is 0 Å². The van der Waals surface area contributed by atoms with E-state index >= 15 is 0 Å². The molecule has 1 aliphatic carbocycles. The van der Waals surface area contributed by atoms with Gasteiger partial charge in [0.2, 0.25) is 0 Å². The Kier molecular flexibility index (Phi) is 5.97. The van der Waals surface area contributed by atoms with E-state index in [1.807, 2.05) is 0 Å². The van der Waals surface area contributed by atoms with E-state index in [2.05, 4.69) is 5.32 Å². The molecule has 7 heteroatoms. The van der Waals surface area contributed by atoms with Crippen molar-refractivity contribution in [3.63, 3.8) is 0 Å². The molecule has 2 aliphatic rings. The molecular formula is C23H24F2N2O3. The number of halogens is 2. The SMILES string of the molecule is O=C(NC1CC1)c1ccc(OC[C@@H]2CCCN(C(=O)c3c(F)cccc3F)C2)cc1. The van der Waals surface area contributed by atoms with Crippen molar-refractivity contribution >= 4 is 11.8 Å². The number of nitrogens with one attached hydrogen (secondary N) is 1. The average molecular weight is 414 g/mol. The summed E-state index contributed by atoms with van der Waals surface area (Å²) in [4.78, 5) is 26.1. The Morgan fingerprint density at radius 3 is 2.40 bits per heavy atom. The number of rotatable bonds is 6. The molecule has 1 N–H and O–H groups in total. The second-order valence-corrected chi connectivity index (χ2v) is 7.94. The van der Waals surface area contributed by atoms with Crippen LogP contribution in [-0.4, -0.2) is 42.5 Å². The highest BCUT2D eigenvalue weighted by atomic mass is 19.1. The summed E-state index contributed by atoms with van der Waals surface area (Å²) in [7, 11) is 0. The summed E-state index contributed by atoms with van der Waals surface area (Å²) in [5, 5.41) is 2.94. The molecule has 1 heterocycles. The van der Waals surface area contributed by atoms with Crippen LogP contribution in [0.3, 0.4) is 0 Å². The largest absolute Gasteiger partial charge is 0.493 e. The molecular weight excluding hydrogens is 390 g/mol. The number of piperidine rings is 1. The van der Waals surface area contributed by atoms with Crippen LogP contribution in [0.5, 0.6) is 5.75 Å². The molecule has 158 valence electrons. The number of likely N-dealkylation sites (tertiary alicyclic amines) is 1. The molecule has 4 rings (SSSR count). The van der Waals surface area contributed by atoms with Crippen LogP contribution in [0, 0.1) is 17.6 Å². The van der Waals surface area contributed by atoms with E-state index < -0.39 is 23.1 Å². The minimum atomic E-state index is -0.843. The van der Waals surface area contributed by atoms with Crippen molar-refractivity contribution in [3.8, 4) is 5.75 Å².